The van der Waals surface area contributed by atoms with Crippen molar-refractivity contribution < 1.29 is 9.90 Å². The SMILES string of the molecule is O=C(O)c1c(NN2CCC2)c(-c2ccc(Br)cc2)nc2ccncc12. The molecule has 25 heavy (non-hydrogen) atoms. The first-order valence-electron chi connectivity index (χ1n) is 7.92. The highest BCUT2D eigenvalue weighted by Crippen LogP contribution is 2.35. The number of carboxylic acids is 1. The molecule has 0 amide bonds. The van der Waals surface area contributed by atoms with Gasteiger partial charge in [0, 0.05) is 40.9 Å². The van der Waals surface area contributed by atoms with Crippen LogP contribution < -0.4 is 5.43 Å². The van der Waals surface area contributed by atoms with Gasteiger partial charge in [-0.15, -0.1) is 0 Å². The molecule has 1 fully saturated rings. The molecule has 0 bridgehead atoms. The maximum atomic E-state index is 12.0. The smallest absolute Gasteiger partial charge is 0.338 e. The average molecular weight is 399 g/mol. The first kappa shape index (κ1) is 16.0. The molecule has 1 saturated heterocycles. The Morgan fingerprint density at radius 3 is 2.60 bits per heavy atom. The number of hydrogen-bond acceptors (Lipinski definition) is 5. The molecule has 1 aliphatic heterocycles. The fourth-order valence-corrected chi connectivity index (χ4v) is 3.10. The minimum Gasteiger partial charge on any atom is -0.478 e. The summed E-state index contributed by atoms with van der Waals surface area (Å²) in [4.78, 5) is 20.8. The number of aromatic carboxylic acids is 1. The van der Waals surface area contributed by atoms with Gasteiger partial charge >= 0.3 is 5.97 Å². The number of aromatic nitrogens is 2. The van der Waals surface area contributed by atoms with Gasteiger partial charge in [-0.1, -0.05) is 28.1 Å². The highest BCUT2D eigenvalue weighted by molar-refractivity contribution is 9.10. The number of carboxylic acid groups (broad SMARTS) is 1. The first-order valence-corrected chi connectivity index (χ1v) is 8.71. The van der Waals surface area contributed by atoms with Gasteiger partial charge in [-0.3, -0.25) is 4.98 Å². The minimum absolute atomic E-state index is 0.197. The van der Waals surface area contributed by atoms with E-state index in [0.717, 1.165) is 29.5 Å². The summed E-state index contributed by atoms with van der Waals surface area (Å²) in [5.74, 6) is -0.998. The molecule has 0 spiro atoms. The lowest BCUT2D eigenvalue weighted by Gasteiger charge is -2.33. The maximum absolute atomic E-state index is 12.0. The van der Waals surface area contributed by atoms with E-state index in [1.54, 1.807) is 18.5 Å². The number of anilines is 1. The summed E-state index contributed by atoms with van der Waals surface area (Å²) in [6.45, 7) is 1.76. The average Bonchev–Trinajstić information content (AvgIpc) is 2.57. The maximum Gasteiger partial charge on any atom is 0.338 e. The van der Waals surface area contributed by atoms with Gasteiger partial charge in [-0.25, -0.2) is 14.8 Å². The van der Waals surface area contributed by atoms with Gasteiger partial charge in [-0.2, -0.15) is 0 Å². The van der Waals surface area contributed by atoms with Gasteiger partial charge < -0.3 is 10.5 Å². The zero-order valence-electron chi connectivity index (χ0n) is 13.2. The second-order valence-electron chi connectivity index (χ2n) is 5.87. The van der Waals surface area contributed by atoms with Gasteiger partial charge in [-0.05, 0) is 24.6 Å². The number of fused-ring (bicyclic) bond motifs is 1. The lowest BCUT2D eigenvalue weighted by molar-refractivity contribution is 0.0699. The lowest BCUT2D eigenvalue weighted by Crippen LogP contribution is -2.42. The number of nitrogens with one attached hydrogen (secondary N) is 1. The second kappa shape index (κ2) is 6.42. The van der Waals surface area contributed by atoms with Crippen LogP contribution in [-0.2, 0) is 0 Å². The first-order chi connectivity index (χ1) is 12.1. The third-order valence-corrected chi connectivity index (χ3v) is 4.77. The van der Waals surface area contributed by atoms with Crippen LogP contribution >= 0.6 is 15.9 Å². The number of benzene rings is 1. The highest BCUT2D eigenvalue weighted by atomic mass is 79.9. The number of pyridine rings is 2. The van der Waals surface area contributed by atoms with Crippen LogP contribution in [0.25, 0.3) is 22.2 Å². The van der Waals surface area contributed by atoms with Crippen molar-refractivity contribution in [2.24, 2.45) is 0 Å². The summed E-state index contributed by atoms with van der Waals surface area (Å²) in [6, 6.07) is 9.42. The van der Waals surface area contributed by atoms with Crippen LogP contribution in [0.2, 0.25) is 0 Å². The molecule has 7 heteroatoms. The number of hydrazine groups is 1. The monoisotopic (exact) mass is 398 g/mol. The number of halogens is 1. The summed E-state index contributed by atoms with van der Waals surface area (Å²) in [5.41, 5.74) is 6.04. The third kappa shape index (κ3) is 2.96. The molecule has 2 aromatic heterocycles. The topological polar surface area (TPSA) is 78.4 Å². The molecule has 1 aliphatic rings. The van der Waals surface area contributed by atoms with E-state index in [4.69, 9.17) is 4.98 Å². The van der Waals surface area contributed by atoms with E-state index < -0.39 is 5.97 Å². The van der Waals surface area contributed by atoms with Crippen LogP contribution in [0.3, 0.4) is 0 Å². The van der Waals surface area contributed by atoms with Crippen molar-refractivity contribution in [2.45, 2.75) is 6.42 Å². The fourth-order valence-electron chi connectivity index (χ4n) is 2.84. The van der Waals surface area contributed by atoms with Gasteiger partial charge in [0.1, 0.15) is 0 Å². The van der Waals surface area contributed by atoms with Crippen molar-refractivity contribution in [1.29, 1.82) is 0 Å². The Morgan fingerprint density at radius 1 is 1.20 bits per heavy atom. The Balaban J connectivity index is 1.99. The van der Waals surface area contributed by atoms with E-state index in [0.29, 0.717) is 22.3 Å². The van der Waals surface area contributed by atoms with Crippen LogP contribution in [0, 0.1) is 0 Å². The Bertz CT molecular complexity index is 955. The van der Waals surface area contributed by atoms with E-state index in [2.05, 4.69) is 26.3 Å². The Morgan fingerprint density at radius 2 is 1.96 bits per heavy atom. The fraction of sp³-hybridized carbons (Fsp3) is 0.167. The summed E-state index contributed by atoms with van der Waals surface area (Å²) in [7, 11) is 0. The quantitative estimate of drug-likeness (QED) is 0.695. The molecule has 0 unspecified atom stereocenters. The number of carbonyl (C=O) groups is 1. The molecule has 3 heterocycles. The molecule has 6 nitrogen and oxygen atoms in total. The Hall–Kier alpha value is -2.51. The standard InChI is InChI=1S/C18H15BrN4O2/c19-12-4-2-11(3-5-12)16-17(22-23-8-1-9-23)15(18(24)25)13-10-20-7-6-14(13)21-16/h2-7,10,22H,1,8-9H2,(H,24,25). The van der Waals surface area contributed by atoms with Crippen molar-refractivity contribution in [3.8, 4) is 11.3 Å². The van der Waals surface area contributed by atoms with Crippen LogP contribution in [0.15, 0.2) is 47.2 Å². The molecule has 0 atom stereocenters. The molecule has 2 N–H and O–H groups in total. The highest BCUT2D eigenvalue weighted by Gasteiger charge is 2.24. The van der Waals surface area contributed by atoms with Crippen LogP contribution in [0.4, 0.5) is 5.69 Å². The van der Waals surface area contributed by atoms with Crippen molar-refractivity contribution in [3.05, 3.63) is 52.8 Å². The largest absolute Gasteiger partial charge is 0.478 e. The molecule has 1 aromatic carbocycles. The zero-order valence-corrected chi connectivity index (χ0v) is 14.8. The number of hydrogen-bond donors (Lipinski definition) is 2. The third-order valence-electron chi connectivity index (χ3n) is 4.24. The number of nitrogens with zero attached hydrogens (tertiary/aromatic N) is 3. The lowest BCUT2D eigenvalue weighted by atomic mass is 10.0. The molecular weight excluding hydrogens is 384 g/mol. The van der Waals surface area contributed by atoms with Crippen LogP contribution in [0.1, 0.15) is 16.8 Å². The minimum atomic E-state index is -0.998. The zero-order chi connectivity index (χ0) is 17.4. The molecule has 0 radical (unpaired) electrons. The van der Waals surface area contributed by atoms with Gasteiger partial charge in [0.2, 0.25) is 0 Å². The summed E-state index contributed by atoms with van der Waals surface area (Å²) in [5, 5.41) is 12.4. The van der Waals surface area contributed by atoms with Crippen LogP contribution in [0.5, 0.6) is 0 Å². The molecule has 0 saturated carbocycles. The Labute approximate surface area is 152 Å². The predicted molar refractivity (Wildman–Crippen MR) is 99.4 cm³/mol. The molecule has 4 rings (SSSR count). The van der Waals surface area contributed by atoms with Crippen molar-refractivity contribution >= 4 is 38.5 Å². The summed E-state index contributed by atoms with van der Waals surface area (Å²) >= 11 is 3.43. The molecular formula is C18H15BrN4O2. The molecule has 3 aromatic rings. The van der Waals surface area contributed by atoms with E-state index in [1.807, 2.05) is 29.3 Å². The van der Waals surface area contributed by atoms with Gasteiger partial charge in [0.15, 0.2) is 0 Å². The van der Waals surface area contributed by atoms with E-state index in [9.17, 15) is 9.90 Å². The second-order valence-corrected chi connectivity index (χ2v) is 6.78. The Kier molecular flexibility index (Phi) is 4.10. The van der Waals surface area contributed by atoms with Crippen LogP contribution in [-0.4, -0.2) is 39.1 Å². The van der Waals surface area contributed by atoms with E-state index in [-0.39, 0.29) is 5.56 Å². The normalized spacial score (nSPS) is 14.3. The van der Waals surface area contributed by atoms with Gasteiger partial charge in [0.25, 0.3) is 0 Å². The molecule has 126 valence electrons. The van der Waals surface area contributed by atoms with Crippen molar-refractivity contribution in [3.63, 3.8) is 0 Å². The number of rotatable bonds is 4. The van der Waals surface area contributed by atoms with E-state index >= 15 is 0 Å². The van der Waals surface area contributed by atoms with Crippen molar-refractivity contribution in [1.82, 2.24) is 15.0 Å². The summed E-state index contributed by atoms with van der Waals surface area (Å²) in [6.07, 6.45) is 4.26. The van der Waals surface area contributed by atoms with Crippen molar-refractivity contribution in [2.75, 3.05) is 18.5 Å². The summed E-state index contributed by atoms with van der Waals surface area (Å²) < 4.78 is 0.956. The predicted octanol–water partition coefficient (Wildman–Crippen LogP) is 3.79. The van der Waals surface area contributed by atoms with Gasteiger partial charge in [0.05, 0.1) is 22.5 Å². The molecule has 0 aliphatic carbocycles. The van der Waals surface area contributed by atoms with E-state index in [1.165, 1.54) is 0 Å².